The second-order valence-electron chi connectivity index (χ2n) is 12.8. The minimum absolute atomic E-state index is 0.545. The van der Waals surface area contributed by atoms with Gasteiger partial charge in [0.05, 0.1) is 5.56 Å². The van der Waals surface area contributed by atoms with E-state index in [0.717, 1.165) is 66.1 Å². The third-order valence-corrected chi connectivity index (χ3v) is 11.0. The Morgan fingerprint density at radius 1 is 0.373 bits per heavy atom. The highest BCUT2D eigenvalue weighted by Gasteiger charge is 2.19. The van der Waals surface area contributed by atoms with Crippen molar-refractivity contribution in [3.63, 3.8) is 0 Å². The molecular formula is C45H25N3O2S. The van der Waals surface area contributed by atoms with Crippen LogP contribution in [0.3, 0.4) is 0 Å². The van der Waals surface area contributed by atoms with Crippen LogP contribution in [0.4, 0.5) is 0 Å². The van der Waals surface area contributed by atoms with Gasteiger partial charge in [-0.25, -0.2) is 15.0 Å². The van der Waals surface area contributed by atoms with Crippen LogP contribution in [0.5, 0.6) is 0 Å². The first-order valence-electron chi connectivity index (χ1n) is 16.8. The molecule has 51 heavy (non-hydrogen) atoms. The lowest BCUT2D eigenvalue weighted by atomic mass is 10.0. The molecule has 0 aliphatic carbocycles. The summed E-state index contributed by atoms with van der Waals surface area (Å²) in [5.74, 6) is 1.70. The Labute approximate surface area is 295 Å². The van der Waals surface area contributed by atoms with Crippen molar-refractivity contribution in [2.45, 2.75) is 0 Å². The summed E-state index contributed by atoms with van der Waals surface area (Å²) in [6.07, 6.45) is 0. The third-order valence-electron chi connectivity index (χ3n) is 9.76. The summed E-state index contributed by atoms with van der Waals surface area (Å²) in [6.45, 7) is 0. The number of hydrogen-bond acceptors (Lipinski definition) is 6. The van der Waals surface area contributed by atoms with E-state index >= 15 is 0 Å². The van der Waals surface area contributed by atoms with Crippen LogP contribution in [0.15, 0.2) is 160 Å². The number of aromatic nitrogens is 3. The van der Waals surface area contributed by atoms with Gasteiger partial charge in [-0.05, 0) is 53.6 Å². The maximum absolute atomic E-state index is 6.74. The van der Waals surface area contributed by atoms with Gasteiger partial charge in [-0.1, -0.05) is 109 Å². The number of para-hydroxylation sites is 2. The standard InChI is InChI=1S/C45H25N3O2S/c1-2-10-26(11-3-1)43-46-44(28-21-23-31-30-12-4-6-18-37(30)49-38(31)25-28)48-45(47-43)36-17-9-15-34-32-22-20-27(24-39(32)50-41(34)36)29-14-8-16-35-33-13-5-7-19-40(33)51-42(29)35/h1-25H. The molecule has 0 amide bonds. The van der Waals surface area contributed by atoms with E-state index in [1.54, 1.807) is 0 Å². The van der Waals surface area contributed by atoms with Crippen molar-refractivity contribution < 1.29 is 8.83 Å². The maximum atomic E-state index is 6.74. The zero-order valence-electron chi connectivity index (χ0n) is 27.0. The lowest BCUT2D eigenvalue weighted by Gasteiger charge is -2.08. The highest BCUT2D eigenvalue weighted by Crippen LogP contribution is 2.42. The van der Waals surface area contributed by atoms with Crippen molar-refractivity contribution in [1.29, 1.82) is 0 Å². The van der Waals surface area contributed by atoms with E-state index in [9.17, 15) is 0 Å². The predicted molar refractivity (Wildman–Crippen MR) is 209 cm³/mol. The van der Waals surface area contributed by atoms with E-state index in [2.05, 4.69) is 84.9 Å². The van der Waals surface area contributed by atoms with Crippen molar-refractivity contribution in [1.82, 2.24) is 15.0 Å². The SMILES string of the molecule is c1ccc(-c2nc(-c3ccc4c(c3)oc3ccccc34)nc(-c3cccc4c3oc3cc(-c5cccc6c5sc5ccccc56)ccc34)n2)cc1. The van der Waals surface area contributed by atoms with E-state index in [1.807, 2.05) is 78.1 Å². The van der Waals surface area contributed by atoms with Gasteiger partial charge in [0.15, 0.2) is 17.5 Å². The summed E-state index contributed by atoms with van der Waals surface area (Å²) in [6, 6.07) is 52.1. The number of hydrogen-bond donors (Lipinski definition) is 0. The van der Waals surface area contributed by atoms with Gasteiger partial charge in [-0.15, -0.1) is 11.3 Å². The van der Waals surface area contributed by atoms with Crippen molar-refractivity contribution >= 4 is 75.4 Å². The summed E-state index contributed by atoms with van der Waals surface area (Å²) in [5, 5.41) is 6.77. The summed E-state index contributed by atoms with van der Waals surface area (Å²) in [4.78, 5) is 15.1. The van der Waals surface area contributed by atoms with Gasteiger partial charge >= 0.3 is 0 Å². The van der Waals surface area contributed by atoms with Crippen LogP contribution in [0, 0.1) is 0 Å². The molecule has 5 nitrogen and oxygen atoms in total. The Kier molecular flexibility index (Phi) is 6.05. The molecule has 0 atom stereocenters. The van der Waals surface area contributed by atoms with Gasteiger partial charge in [-0.3, -0.25) is 0 Å². The number of benzene rings is 7. The fourth-order valence-electron chi connectivity index (χ4n) is 7.32. The molecule has 238 valence electrons. The molecule has 0 bridgehead atoms. The van der Waals surface area contributed by atoms with Crippen molar-refractivity contribution in [2.75, 3.05) is 0 Å². The van der Waals surface area contributed by atoms with Gasteiger partial charge < -0.3 is 8.83 Å². The van der Waals surface area contributed by atoms with Crippen LogP contribution in [0.2, 0.25) is 0 Å². The maximum Gasteiger partial charge on any atom is 0.167 e. The van der Waals surface area contributed by atoms with Crippen LogP contribution < -0.4 is 0 Å². The average Bonchev–Trinajstić information content (AvgIpc) is 3.88. The second kappa shape index (κ2) is 10.9. The molecule has 4 aromatic heterocycles. The number of furan rings is 2. The molecule has 4 heterocycles. The van der Waals surface area contributed by atoms with E-state index in [-0.39, 0.29) is 0 Å². The average molecular weight is 672 g/mol. The summed E-state index contributed by atoms with van der Waals surface area (Å²) in [5.41, 5.74) is 8.09. The largest absolute Gasteiger partial charge is 0.456 e. The molecule has 11 aromatic rings. The molecule has 0 spiro atoms. The molecule has 0 saturated heterocycles. The lowest BCUT2D eigenvalue weighted by Crippen LogP contribution is -2.00. The smallest absolute Gasteiger partial charge is 0.167 e. The number of fused-ring (bicyclic) bond motifs is 9. The summed E-state index contributed by atoms with van der Waals surface area (Å²) < 4.78 is 15.5. The van der Waals surface area contributed by atoms with Crippen LogP contribution in [0.1, 0.15) is 0 Å². The zero-order chi connectivity index (χ0) is 33.5. The predicted octanol–water partition coefficient (Wildman–Crippen LogP) is 12.7. The second-order valence-corrected chi connectivity index (χ2v) is 13.8. The Balaban J connectivity index is 1.09. The molecular weight excluding hydrogens is 647 g/mol. The number of thiophene rings is 1. The zero-order valence-corrected chi connectivity index (χ0v) is 27.8. The van der Waals surface area contributed by atoms with Crippen molar-refractivity contribution in [2.24, 2.45) is 0 Å². The normalized spacial score (nSPS) is 11.9. The topological polar surface area (TPSA) is 65.0 Å². The molecule has 11 rings (SSSR count). The van der Waals surface area contributed by atoms with Crippen LogP contribution in [0.25, 0.3) is 109 Å². The Bertz CT molecular complexity index is 3160. The molecule has 0 unspecified atom stereocenters. The lowest BCUT2D eigenvalue weighted by molar-refractivity contribution is 0.668. The van der Waals surface area contributed by atoms with E-state index in [4.69, 9.17) is 23.8 Å². The van der Waals surface area contributed by atoms with Crippen LogP contribution in [-0.2, 0) is 0 Å². The van der Waals surface area contributed by atoms with Crippen LogP contribution >= 0.6 is 11.3 Å². The molecule has 6 heteroatoms. The molecule has 7 aromatic carbocycles. The van der Waals surface area contributed by atoms with Gasteiger partial charge in [0.1, 0.15) is 22.3 Å². The fourth-order valence-corrected chi connectivity index (χ4v) is 8.56. The minimum atomic E-state index is 0.545. The van der Waals surface area contributed by atoms with Crippen molar-refractivity contribution in [3.8, 4) is 45.3 Å². The number of nitrogens with zero attached hydrogens (tertiary/aromatic N) is 3. The quantitative estimate of drug-likeness (QED) is 0.186. The van der Waals surface area contributed by atoms with E-state index in [1.165, 1.54) is 25.7 Å². The third kappa shape index (κ3) is 4.43. The molecule has 0 radical (unpaired) electrons. The summed E-state index contributed by atoms with van der Waals surface area (Å²) in [7, 11) is 0. The Morgan fingerprint density at radius 2 is 0.980 bits per heavy atom. The first kappa shape index (κ1) is 28.2. The molecule has 0 fully saturated rings. The molecule has 0 saturated carbocycles. The monoisotopic (exact) mass is 671 g/mol. The van der Waals surface area contributed by atoms with Gasteiger partial charge in [0.2, 0.25) is 0 Å². The Hall–Kier alpha value is -6.63. The van der Waals surface area contributed by atoms with E-state index < -0.39 is 0 Å². The van der Waals surface area contributed by atoms with Gasteiger partial charge in [0.25, 0.3) is 0 Å². The fraction of sp³-hybridized carbons (Fsp3) is 0. The van der Waals surface area contributed by atoms with E-state index in [0.29, 0.717) is 17.5 Å². The van der Waals surface area contributed by atoms with Gasteiger partial charge in [-0.2, -0.15) is 0 Å². The highest BCUT2D eigenvalue weighted by atomic mass is 32.1. The minimum Gasteiger partial charge on any atom is -0.456 e. The first-order chi connectivity index (χ1) is 25.2. The molecule has 0 N–H and O–H groups in total. The summed E-state index contributed by atoms with van der Waals surface area (Å²) >= 11 is 1.83. The van der Waals surface area contributed by atoms with Crippen LogP contribution in [-0.4, -0.2) is 15.0 Å². The van der Waals surface area contributed by atoms with Crippen molar-refractivity contribution in [3.05, 3.63) is 152 Å². The van der Waals surface area contributed by atoms with Gasteiger partial charge in [0, 0.05) is 52.8 Å². The first-order valence-corrected chi connectivity index (χ1v) is 17.7. The molecule has 0 aliphatic rings. The molecule has 0 aliphatic heterocycles. The Morgan fingerprint density at radius 3 is 1.86 bits per heavy atom. The number of rotatable bonds is 4. The highest BCUT2D eigenvalue weighted by molar-refractivity contribution is 7.26.